The molecule has 0 saturated heterocycles. The van der Waals surface area contributed by atoms with Gasteiger partial charge in [-0.2, -0.15) is 0 Å². The van der Waals surface area contributed by atoms with Crippen molar-refractivity contribution in [1.29, 1.82) is 0 Å². The van der Waals surface area contributed by atoms with Crippen LogP contribution in [0.25, 0.3) is 22.3 Å². The van der Waals surface area contributed by atoms with Crippen molar-refractivity contribution in [3.05, 3.63) is 131 Å². The summed E-state index contributed by atoms with van der Waals surface area (Å²) < 4.78 is 15.1. The van der Waals surface area contributed by atoms with Gasteiger partial charge in [-0.3, -0.25) is 4.79 Å². The molecule has 1 aliphatic heterocycles. The monoisotopic (exact) mass is 459 g/mol. The number of hydrogen-bond donors (Lipinski definition) is 0. The van der Waals surface area contributed by atoms with Crippen LogP contribution in [0.2, 0.25) is 0 Å². The smallest absolute Gasteiger partial charge is 0.255 e. The average molecular weight is 460 g/mol. The van der Waals surface area contributed by atoms with Crippen LogP contribution in [0.15, 0.2) is 103 Å². The maximum absolute atomic E-state index is 15.1. The molecular weight excluding hydrogens is 437 g/mol. The molecule has 0 spiro atoms. The topological polar surface area (TPSA) is 46.1 Å². The van der Waals surface area contributed by atoms with E-state index in [1.165, 1.54) is 6.07 Å². The molecule has 5 aromatic rings. The van der Waals surface area contributed by atoms with Gasteiger partial charge in [0.2, 0.25) is 0 Å². The van der Waals surface area contributed by atoms with E-state index >= 15 is 4.39 Å². The number of halogens is 1. The van der Waals surface area contributed by atoms with Gasteiger partial charge in [0.15, 0.2) is 5.65 Å². The molecule has 2 aromatic heterocycles. The van der Waals surface area contributed by atoms with Crippen LogP contribution in [0.3, 0.4) is 0 Å². The van der Waals surface area contributed by atoms with Crippen LogP contribution in [-0.4, -0.2) is 27.3 Å². The van der Waals surface area contributed by atoms with Crippen LogP contribution < -0.4 is 0 Å². The number of pyridine rings is 2. The fourth-order valence-corrected chi connectivity index (χ4v) is 4.96. The quantitative estimate of drug-likeness (QED) is 0.322. The van der Waals surface area contributed by atoms with Crippen molar-refractivity contribution < 1.29 is 9.18 Å². The fourth-order valence-electron chi connectivity index (χ4n) is 4.96. The first-order valence-electron chi connectivity index (χ1n) is 11.6. The third kappa shape index (κ3) is 3.75. The number of aromatic nitrogens is 2. The molecule has 3 heterocycles. The van der Waals surface area contributed by atoms with Crippen molar-refractivity contribution in [1.82, 2.24) is 14.9 Å². The van der Waals surface area contributed by atoms with Crippen molar-refractivity contribution in [3.8, 4) is 11.3 Å². The number of nitrogens with zero attached hydrogens (tertiary/aromatic N) is 3. The van der Waals surface area contributed by atoms with Crippen LogP contribution in [0.1, 0.15) is 33.1 Å². The Morgan fingerprint density at radius 2 is 1.60 bits per heavy atom. The standard InChI is InChI=1S/C30H22FN3O/c31-26-15-7-6-13-24(26)28-22-12-5-4-9-20(22)16-18-34(28)30(35)25-19-27(21-10-2-1-3-11-21)33-29-23(25)14-8-17-32-29/h1-15,17,19,28H,16,18H2. The molecule has 170 valence electrons. The normalized spacial score (nSPS) is 15.1. The zero-order chi connectivity index (χ0) is 23.8. The molecule has 0 N–H and O–H groups in total. The highest BCUT2D eigenvalue weighted by atomic mass is 19.1. The van der Waals surface area contributed by atoms with Gasteiger partial charge in [-0.05, 0) is 41.8 Å². The van der Waals surface area contributed by atoms with E-state index in [0.29, 0.717) is 40.8 Å². The van der Waals surface area contributed by atoms with E-state index in [-0.39, 0.29) is 11.7 Å². The van der Waals surface area contributed by atoms with Gasteiger partial charge in [0.25, 0.3) is 5.91 Å². The zero-order valence-electron chi connectivity index (χ0n) is 18.9. The Labute approximate surface area is 202 Å². The van der Waals surface area contributed by atoms with Gasteiger partial charge in [-0.25, -0.2) is 14.4 Å². The molecule has 0 fully saturated rings. The number of carbonyl (C=O) groups is 1. The lowest BCUT2D eigenvalue weighted by molar-refractivity contribution is 0.0694. The van der Waals surface area contributed by atoms with Gasteiger partial charge in [-0.1, -0.05) is 72.8 Å². The summed E-state index contributed by atoms with van der Waals surface area (Å²) in [6.07, 6.45) is 2.39. The molecule has 1 unspecified atom stereocenters. The molecule has 0 bridgehead atoms. The number of hydrogen-bond acceptors (Lipinski definition) is 3. The van der Waals surface area contributed by atoms with E-state index in [0.717, 1.165) is 16.7 Å². The van der Waals surface area contributed by atoms with Gasteiger partial charge in [0, 0.05) is 29.3 Å². The minimum absolute atomic E-state index is 0.162. The van der Waals surface area contributed by atoms with Crippen LogP contribution in [0.4, 0.5) is 4.39 Å². The Balaban J connectivity index is 1.53. The van der Waals surface area contributed by atoms with E-state index in [9.17, 15) is 4.79 Å². The molecule has 1 aliphatic rings. The molecule has 0 aliphatic carbocycles. The molecule has 0 saturated carbocycles. The van der Waals surface area contributed by atoms with Crippen molar-refractivity contribution in [2.45, 2.75) is 12.5 Å². The summed E-state index contributed by atoms with van der Waals surface area (Å²) in [5.74, 6) is -0.483. The van der Waals surface area contributed by atoms with E-state index < -0.39 is 6.04 Å². The molecule has 35 heavy (non-hydrogen) atoms. The summed E-state index contributed by atoms with van der Waals surface area (Å²) in [7, 11) is 0. The average Bonchev–Trinajstić information content (AvgIpc) is 2.92. The third-order valence-electron chi connectivity index (χ3n) is 6.63. The highest BCUT2D eigenvalue weighted by Gasteiger charge is 2.34. The van der Waals surface area contributed by atoms with E-state index in [4.69, 9.17) is 4.98 Å². The predicted octanol–water partition coefficient (Wildman–Crippen LogP) is 6.22. The van der Waals surface area contributed by atoms with Crippen LogP contribution in [0, 0.1) is 5.82 Å². The maximum atomic E-state index is 15.1. The third-order valence-corrected chi connectivity index (χ3v) is 6.63. The number of carbonyl (C=O) groups excluding carboxylic acids is 1. The van der Waals surface area contributed by atoms with Crippen LogP contribution in [0.5, 0.6) is 0 Å². The minimum Gasteiger partial charge on any atom is -0.327 e. The molecule has 1 amide bonds. The first-order chi connectivity index (χ1) is 17.2. The second-order valence-electron chi connectivity index (χ2n) is 8.67. The Hall–Kier alpha value is -4.38. The first kappa shape index (κ1) is 21.2. The van der Waals surface area contributed by atoms with Crippen molar-refractivity contribution in [2.75, 3.05) is 6.54 Å². The largest absolute Gasteiger partial charge is 0.327 e. The summed E-state index contributed by atoms with van der Waals surface area (Å²) in [4.78, 5) is 25.2. The second-order valence-corrected chi connectivity index (χ2v) is 8.67. The maximum Gasteiger partial charge on any atom is 0.255 e. The number of rotatable bonds is 3. The molecule has 1 atom stereocenters. The van der Waals surface area contributed by atoms with Gasteiger partial charge >= 0.3 is 0 Å². The Kier molecular flexibility index (Phi) is 5.30. The Bertz CT molecular complexity index is 1550. The molecule has 5 heteroatoms. The molecule has 6 rings (SSSR count). The van der Waals surface area contributed by atoms with Crippen LogP contribution >= 0.6 is 0 Å². The lowest BCUT2D eigenvalue weighted by Crippen LogP contribution is -2.41. The Morgan fingerprint density at radius 1 is 0.857 bits per heavy atom. The highest BCUT2D eigenvalue weighted by Crippen LogP contribution is 2.38. The van der Waals surface area contributed by atoms with E-state index in [1.807, 2.05) is 72.8 Å². The summed E-state index contributed by atoms with van der Waals surface area (Å²) in [5, 5.41) is 0.684. The Morgan fingerprint density at radius 3 is 2.43 bits per heavy atom. The van der Waals surface area contributed by atoms with Crippen molar-refractivity contribution in [2.24, 2.45) is 0 Å². The van der Waals surface area contributed by atoms with Crippen molar-refractivity contribution in [3.63, 3.8) is 0 Å². The number of benzene rings is 3. The number of amides is 1. The van der Waals surface area contributed by atoms with E-state index in [1.54, 1.807) is 23.2 Å². The summed E-state index contributed by atoms with van der Waals surface area (Å²) in [5.41, 5.74) is 5.20. The van der Waals surface area contributed by atoms with Gasteiger partial charge in [0.05, 0.1) is 17.3 Å². The molecule has 4 nitrogen and oxygen atoms in total. The zero-order valence-corrected chi connectivity index (χ0v) is 18.9. The predicted molar refractivity (Wildman–Crippen MR) is 134 cm³/mol. The van der Waals surface area contributed by atoms with Gasteiger partial charge in [-0.15, -0.1) is 0 Å². The number of fused-ring (bicyclic) bond motifs is 2. The molecular formula is C30H22FN3O. The summed E-state index contributed by atoms with van der Waals surface area (Å²) >= 11 is 0. The first-order valence-corrected chi connectivity index (χ1v) is 11.6. The lowest BCUT2D eigenvalue weighted by atomic mass is 9.87. The van der Waals surface area contributed by atoms with Crippen LogP contribution in [-0.2, 0) is 6.42 Å². The molecule has 3 aromatic carbocycles. The van der Waals surface area contributed by atoms with Gasteiger partial charge in [0.1, 0.15) is 5.82 Å². The van der Waals surface area contributed by atoms with Gasteiger partial charge < -0.3 is 4.90 Å². The summed E-state index contributed by atoms with van der Waals surface area (Å²) in [6.45, 7) is 0.486. The van der Waals surface area contributed by atoms with E-state index in [2.05, 4.69) is 11.1 Å². The SMILES string of the molecule is O=C(c1cc(-c2ccccc2)nc2ncccc12)N1CCc2ccccc2C1c1ccccc1F. The molecule has 0 radical (unpaired) electrons. The van der Waals surface area contributed by atoms with Crippen molar-refractivity contribution >= 4 is 16.9 Å². The highest BCUT2D eigenvalue weighted by molar-refractivity contribution is 6.06. The summed E-state index contributed by atoms with van der Waals surface area (Å²) in [6, 6.07) is 29.4. The lowest BCUT2D eigenvalue weighted by Gasteiger charge is -2.38. The fraction of sp³-hybridized carbons (Fsp3) is 0.100. The second kappa shape index (κ2) is 8.76. The minimum atomic E-state index is -0.520.